The first kappa shape index (κ1) is 71.5. The summed E-state index contributed by atoms with van der Waals surface area (Å²) in [5.74, 6) is -0.592. The number of amides is 1. The second-order valence-electron chi connectivity index (χ2n) is 22.8. The molecule has 0 fully saturated rings. The number of carbonyl (C=O) groups is 1. The number of rotatable bonds is 61. The number of hydrogen-bond acceptors (Lipinski definition) is 5. The molecule has 6 heteroatoms. The fourth-order valence-electron chi connectivity index (χ4n) is 10.4. The van der Waals surface area contributed by atoms with Crippen molar-refractivity contribution in [2.45, 2.75) is 379 Å². The molecule has 4 unspecified atom stereocenters. The van der Waals surface area contributed by atoms with Crippen molar-refractivity contribution >= 4 is 5.91 Å². The van der Waals surface area contributed by atoms with Gasteiger partial charge in [0.05, 0.1) is 18.8 Å². The van der Waals surface area contributed by atoms with Gasteiger partial charge in [0, 0.05) is 0 Å². The minimum atomic E-state index is -1.29. The molecule has 0 heterocycles. The van der Waals surface area contributed by atoms with Crippen molar-refractivity contribution in [1.82, 2.24) is 5.32 Å². The smallest absolute Gasteiger partial charge is 0.249 e. The van der Waals surface area contributed by atoms with Crippen LogP contribution >= 0.6 is 0 Å². The van der Waals surface area contributed by atoms with Crippen LogP contribution in [0.1, 0.15) is 354 Å². The lowest BCUT2D eigenvalue weighted by atomic mass is 10.00. The summed E-state index contributed by atoms with van der Waals surface area (Å²) in [6.45, 7) is 4.09. The number of unbranched alkanes of at least 4 members (excludes halogenated alkanes) is 46. The molecular formula is C67H129NO5. The number of hydrogen-bond donors (Lipinski definition) is 5. The highest BCUT2D eigenvalue weighted by Gasteiger charge is 2.28. The minimum absolute atomic E-state index is 0.362. The lowest BCUT2D eigenvalue weighted by molar-refractivity contribution is -0.132. The predicted molar refractivity (Wildman–Crippen MR) is 321 cm³/mol. The Balaban J connectivity index is 3.61. The predicted octanol–water partition coefficient (Wildman–Crippen LogP) is 19.9. The number of carbonyl (C=O) groups excluding carboxylic acids is 1. The van der Waals surface area contributed by atoms with Crippen molar-refractivity contribution in [3.63, 3.8) is 0 Å². The standard InChI is InChI=1S/C67H129NO5/c1-3-5-7-9-11-13-15-17-19-21-23-25-27-29-31-32-33-35-37-39-41-43-45-47-49-51-53-55-57-59-61-65(71)67(73)68-63(62-69)66(72)64(70)60-58-56-54-52-50-48-46-44-42-40-38-36-34-30-28-26-24-22-20-18-16-14-12-10-8-6-4-2/h29,31,44,46,52,54,63-66,69-72H,3-28,30,32-43,45,47-51,53,55-62H2,1-2H3,(H,68,73)/b31-29-,46-44+,54-52+. The molecular weight excluding hydrogens is 899 g/mol. The summed E-state index contributed by atoms with van der Waals surface area (Å²) in [5, 5.41) is 44.1. The van der Waals surface area contributed by atoms with E-state index in [4.69, 9.17) is 0 Å². The van der Waals surface area contributed by atoms with Crippen molar-refractivity contribution in [3.8, 4) is 0 Å². The zero-order chi connectivity index (χ0) is 53.0. The first-order valence-corrected chi connectivity index (χ1v) is 32.9. The SMILES string of the molecule is CCCCCCCCCCCCCC/C=C\CCCCCCCCCCCCCCCCC(O)C(=O)NC(CO)C(O)C(O)CCC/C=C/CC/C=C/CCCCCCCCCCCCCCCCCCCC. The van der Waals surface area contributed by atoms with Crippen LogP contribution in [0.5, 0.6) is 0 Å². The molecule has 5 N–H and O–H groups in total. The molecule has 0 aromatic heterocycles. The van der Waals surface area contributed by atoms with Crippen LogP contribution in [0.15, 0.2) is 36.5 Å². The Hall–Kier alpha value is -1.47. The van der Waals surface area contributed by atoms with Gasteiger partial charge in [-0.25, -0.2) is 0 Å². The van der Waals surface area contributed by atoms with Crippen LogP contribution in [0.4, 0.5) is 0 Å². The van der Waals surface area contributed by atoms with Crippen molar-refractivity contribution < 1.29 is 25.2 Å². The maximum Gasteiger partial charge on any atom is 0.249 e. The Morgan fingerprint density at radius 2 is 0.575 bits per heavy atom. The number of aliphatic hydroxyl groups excluding tert-OH is 4. The van der Waals surface area contributed by atoms with E-state index in [9.17, 15) is 25.2 Å². The topological polar surface area (TPSA) is 110 Å². The summed E-state index contributed by atoms with van der Waals surface area (Å²) in [6, 6.07) is -1.01. The van der Waals surface area contributed by atoms with E-state index in [-0.39, 0.29) is 0 Å². The molecule has 1 amide bonds. The maximum atomic E-state index is 12.6. The number of allylic oxidation sites excluding steroid dienone is 6. The molecule has 0 aliphatic heterocycles. The van der Waals surface area contributed by atoms with E-state index in [1.807, 2.05) is 0 Å². The van der Waals surface area contributed by atoms with Crippen LogP contribution in [-0.2, 0) is 4.79 Å². The van der Waals surface area contributed by atoms with Gasteiger partial charge in [0.25, 0.3) is 0 Å². The normalized spacial score (nSPS) is 13.8. The van der Waals surface area contributed by atoms with Crippen molar-refractivity contribution in [1.29, 1.82) is 0 Å². The highest BCUT2D eigenvalue weighted by Crippen LogP contribution is 2.18. The maximum absolute atomic E-state index is 12.6. The number of nitrogens with one attached hydrogen (secondary N) is 1. The summed E-state index contributed by atoms with van der Waals surface area (Å²) in [6.07, 6.45) is 78.3. The summed E-state index contributed by atoms with van der Waals surface area (Å²) >= 11 is 0. The minimum Gasteiger partial charge on any atom is -0.394 e. The number of aliphatic hydroxyl groups is 4. The van der Waals surface area contributed by atoms with Crippen LogP contribution in [0, 0.1) is 0 Å². The molecule has 0 radical (unpaired) electrons. The van der Waals surface area contributed by atoms with Gasteiger partial charge in [-0.1, -0.05) is 314 Å². The van der Waals surface area contributed by atoms with Gasteiger partial charge < -0.3 is 25.7 Å². The molecule has 0 aliphatic carbocycles. The van der Waals surface area contributed by atoms with E-state index < -0.39 is 36.9 Å². The van der Waals surface area contributed by atoms with E-state index in [1.54, 1.807) is 0 Å². The van der Waals surface area contributed by atoms with Gasteiger partial charge in [-0.05, 0) is 77.0 Å². The zero-order valence-electron chi connectivity index (χ0n) is 49.2. The molecule has 0 bridgehead atoms. The van der Waals surface area contributed by atoms with Gasteiger partial charge in [0.2, 0.25) is 5.91 Å². The lowest BCUT2D eigenvalue weighted by Crippen LogP contribution is -2.53. The Morgan fingerprint density at radius 1 is 0.329 bits per heavy atom. The van der Waals surface area contributed by atoms with Crippen LogP contribution in [0.25, 0.3) is 0 Å². The van der Waals surface area contributed by atoms with Gasteiger partial charge in [-0.2, -0.15) is 0 Å². The van der Waals surface area contributed by atoms with Gasteiger partial charge in [-0.3, -0.25) is 4.79 Å². The Labute approximate surface area is 456 Å². The van der Waals surface area contributed by atoms with Crippen molar-refractivity contribution in [2.24, 2.45) is 0 Å². The third kappa shape index (κ3) is 55.1. The van der Waals surface area contributed by atoms with E-state index in [0.717, 1.165) is 38.5 Å². The Morgan fingerprint density at radius 3 is 0.863 bits per heavy atom. The average Bonchev–Trinajstić information content (AvgIpc) is 3.40. The summed E-state index contributed by atoms with van der Waals surface area (Å²) in [4.78, 5) is 12.6. The van der Waals surface area contributed by atoms with E-state index in [1.165, 1.54) is 283 Å². The molecule has 0 aromatic rings. The average molecular weight is 1030 g/mol. The summed E-state index contributed by atoms with van der Waals surface area (Å²) < 4.78 is 0. The van der Waals surface area contributed by atoms with Crippen LogP contribution in [0.2, 0.25) is 0 Å². The fourth-order valence-corrected chi connectivity index (χ4v) is 10.4. The lowest BCUT2D eigenvalue weighted by Gasteiger charge is -2.27. The van der Waals surface area contributed by atoms with Crippen molar-refractivity contribution in [3.05, 3.63) is 36.5 Å². The third-order valence-electron chi connectivity index (χ3n) is 15.6. The first-order valence-electron chi connectivity index (χ1n) is 32.9. The second kappa shape index (κ2) is 61.4. The van der Waals surface area contributed by atoms with Gasteiger partial charge in [0.1, 0.15) is 12.2 Å². The Bertz CT molecular complexity index is 1150. The summed E-state index contributed by atoms with van der Waals surface area (Å²) in [7, 11) is 0. The van der Waals surface area contributed by atoms with Gasteiger partial charge >= 0.3 is 0 Å². The first-order chi connectivity index (χ1) is 36.0. The van der Waals surface area contributed by atoms with Crippen molar-refractivity contribution in [2.75, 3.05) is 6.61 Å². The quantitative estimate of drug-likeness (QED) is 0.0308. The van der Waals surface area contributed by atoms with E-state index >= 15 is 0 Å². The molecule has 73 heavy (non-hydrogen) atoms. The highest BCUT2D eigenvalue weighted by molar-refractivity contribution is 5.80. The molecule has 0 saturated carbocycles. The van der Waals surface area contributed by atoms with Crippen LogP contribution in [0.3, 0.4) is 0 Å². The third-order valence-corrected chi connectivity index (χ3v) is 15.6. The molecule has 0 aromatic carbocycles. The van der Waals surface area contributed by atoms with Crippen LogP contribution < -0.4 is 5.32 Å². The highest BCUT2D eigenvalue weighted by atomic mass is 16.3. The fraction of sp³-hybridized carbons (Fsp3) is 0.896. The molecule has 6 nitrogen and oxygen atoms in total. The zero-order valence-corrected chi connectivity index (χ0v) is 49.2. The summed E-state index contributed by atoms with van der Waals surface area (Å²) in [5.41, 5.74) is 0. The van der Waals surface area contributed by atoms with Gasteiger partial charge in [0.15, 0.2) is 0 Å². The molecule has 432 valence electrons. The molecule has 4 atom stereocenters. The largest absolute Gasteiger partial charge is 0.394 e. The molecule has 0 aliphatic rings. The van der Waals surface area contributed by atoms with E-state index in [2.05, 4.69) is 55.6 Å². The molecule has 0 rings (SSSR count). The van der Waals surface area contributed by atoms with Crippen LogP contribution in [-0.4, -0.2) is 57.3 Å². The van der Waals surface area contributed by atoms with Gasteiger partial charge in [-0.15, -0.1) is 0 Å². The van der Waals surface area contributed by atoms with E-state index in [0.29, 0.717) is 19.3 Å². The Kier molecular flexibility index (Phi) is 60.1. The monoisotopic (exact) mass is 1030 g/mol. The second-order valence-corrected chi connectivity index (χ2v) is 22.8. The molecule has 0 spiro atoms. The molecule has 0 saturated heterocycles.